The topological polar surface area (TPSA) is 54.5 Å². The fourth-order valence-corrected chi connectivity index (χ4v) is 1.38. The summed E-state index contributed by atoms with van der Waals surface area (Å²) in [7, 11) is 0. The molecule has 2 aromatic rings. The molecule has 0 spiro atoms. The molecule has 0 amide bonds. The van der Waals surface area contributed by atoms with Crippen LogP contribution < -0.4 is 0 Å². The van der Waals surface area contributed by atoms with Crippen LogP contribution in [0.4, 0.5) is 0 Å². The second-order valence-corrected chi connectivity index (χ2v) is 3.51. The molecule has 0 radical (unpaired) electrons. The van der Waals surface area contributed by atoms with Crippen molar-refractivity contribution in [3.8, 4) is 0 Å². The molecule has 0 aromatic carbocycles. The van der Waals surface area contributed by atoms with E-state index in [-0.39, 0.29) is 0 Å². The standard InChI is InChI=1S/C5H2Br2N4/c6-2-1-8-5-3(9-2)4(7)10-11-5/h1H,(H,8,10,11). The Kier molecular flexibility index (Phi) is 1.65. The number of rotatable bonds is 0. The minimum atomic E-state index is 0.611. The number of aromatic nitrogens is 4. The van der Waals surface area contributed by atoms with Crippen molar-refractivity contribution in [1.82, 2.24) is 20.2 Å². The Morgan fingerprint density at radius 2 is 2.18 bits per heavy atom. The van der Waals surface area contributed by atoms with Gasteiger partial charge in [-0.05, 0) is 31.9 Å². The normalized spacial score (nSPS) is 10.7. The molecule has 0 unspecified atom stereocenters. The van der Waals surface area contributed by atoms with Gasteiger partial charge in [0.05, 0.1) is 6.20 Å². The first-order valence-corrected chi connectivity index (χ1v) is 4.38. The van der Waals surface area contributed by atoms with E-state index in [0.29, 0.717) is 10.3 Å². The molecule has 4 nitrogen and oxygen atoms in total. The molecule has 2 rings (SSSR count). The molecule has 0 atom stereocenters. The van der Waals surface area contributed by atoms with Gasteiger partial charge in [0.1, 0.15) is 14.7 Å². The maximum Gasteiger partial charge on any atom is 0.200 e. The van der Waals surface area contributed by atoms with Crippen molar-refractivity contribution in [3.05, 3.63) is 15.4 Å². The van der Waals surface area contributed by atoms with Crippen LogP contribution in [0.2, 0.25) is 0 Å². The lowest BCUT2D eigenvalue weighted by molar-refractivity contribution is 1.08. The third kappa shape index (κ3) is 1.16. The van der Waals surface area contributed by atoms with E-state index in [1.807, 2.05) is 0 Å². The summed E-state index contributed by atoms with van der Waals surface area (Å²) in [5, 5.41) is 6.62. The third-order valence-corrected chi connectivity index (χ3v) is 2.13. The van der Waals surface area contributed by atoms with Gasteiger partial charge in [0.25, 0.3) is 0 Å². The van der Waals surface area contributed by atoms with Crippen molar-refractivity contribution in [2.75, 3.05) is 0 Å². The Morgan fingerprint density at radius 1 is 1.36 bits per heavy atom. The van der Waals surface area contributed by atoms with Gasteiger partial charge < -0.3 is 0 Å². The molecule has 0 bridgehead atoms. The van der Waals surface area contributed by atoms with Crippen LogP contribution in [-0.2, 0) is 0 Å². The van der Waals surface area contributed by atoms with Gasteiger partial charge in [0.15, 0.2) is 0 Å². The van der Waals surface area contributed by atoms with E-state index in [4.69, 9.17) is 0 Å². The number of nitrogens with zero attached hydrogens (tertiary/aromatic N) is 3. The molecular formula is C5H2Br2N4. The van der Waals surface area contributed by atoms with Crippen LogP contribution in [0.25, 0.3) is 11.2 Å². The fraction of sp³-hybridized carbons (Fsp3) is 0. The highest BCUT2D eigenvalue weighted by atomic mass is 79.9. The molecule has 0 aliphatic carbocycles. The number of fused-ring (bicyclic) bond motifs is 1. The molecule has 0 saturated carbocycles. The van der Waals surface area contributed by atoms with Crippen molar-refractivity contribution < 1.29 is 0 Å². The van der Waals surface area contributed by atoms with Crippen LogP contribution in [0, 0.1) is 0 Å². The second kappa shape index (κ2) is 2.53. The van der Waals surface area contributed by atoms with E-state index in [2.05, 4.69) is 52.0 Å². The van der Waals surface area contributed by atoms with Crippen LogP contribution in [0.3, 0.4) is 0 Å². The van der Waals surface area contributed by atoms with Crippen LogP contribution in [-0.4, -0.2) is 20.2 Å². The minimum absolute atomic E-state index is 0.611. The molecule has 6 heteroatoms. The smallest absolute Gasteiger partial charge is 0.200 e. The van der Waals surface area contributed by atoms with E-state index in [1.165, 1.54) is 0 Å². The van der Waals surface area contributed by atoms with Gasteiger partial charge >= 0.3 is 0 Å². The number of nitrogens with one attached hydrogen (secondary N) is 1. The lowest BCUT2D eigenvalue weighted by atomic mass is 10.6. The van der Waals surface area contributed by atoms with E-state index in [9.17, 15) is 0 Å². The number of hydrogen-bond acceptors (Lipinski definition) is 3. The molecule has 0 fully saturated rings. The number of H-pyrrole nitrogens is 1. The quantitative estimate of drug-likeness (QED) is 0.800. The van der Waals surface area contributed by atoms with E-state index < -0.39 is 0 Å². The summed E-state index contributed by atoms with van der Waals surface area (Å²) in [5.74, 6) is 0. The lowest BCUT2D eigenvalue weighted by Crippen LogP contribution is -1.80. The summed E-state index contributed by atoms with van der Waals surface area (Å²) in [4.78, 5) is 8.17. The summed E-state index contributed by atoms with van der Waals surface area (Å²) in [6.07, 6.45) is 1.61. The van der Waals surface area contributed by atoms with Crippen molar-refractivity contribution in [2.45, 2.75) is 0 Å². The molecule has 2 heterocycles. The predicted molar refractivity (Wildman–Crippen MR) is 47.1 cm³/mol. The molecule has 0 aliphatic heterocycles. The first-order chi connectivity index (χ1) is 5.27. The molecule has 0 saturated heterocycles. The monoisotopic (exact) mass is 276 g/mol. The number of hydrogen-bond donors (Lipinski definition) is 1. The van der Waals surface area contributed by atoms with E-state index >= 15 is 0 Å². The number of halogens is 2. The van der Waals surface area contributed by atoms with Crippen LogP contribution >= 0.6 is 31.9 Å². The molecular weight excluding hydrogens is 276 g/mol. The summed E-state index contributed by atoms with van der Waals surface area (Å²) in [5.41, 5.74) is 1.35. The van der Waals surface area contributed by atoms with Crippen molar-refractivity contribution >= 4 is 43.0 Å². The second-order valence-electron chi connectivity index (χ2n) is 1.90. The Morgan fingerprint density at radius 3 is 3.00 bits per heavy atom. The summed E-state index contributed by atoms with van der Waals surface area (Å²) in [6, 6.07) is 0. The molecule has 56 valence electrons. The Labute approximate surface area is 78.7 Å². The average Bonchev–Trinajstić information content (AvgIpc) is 2.33. The van der Waals surface area contributed by atoms with Gasteiger partial charge in [-0.1, -0.05) is 0 Å². The summed E-state index contributed by atoms with van der Waals surface area (Å²) < 4.78 is 1.45. The van der Waals surface area contributed by atoms with Gasteiger partial charge in [-0.15, -0.1) is 0 Å². The van der Waals surface area contributed by atoms with Gasteiger partial charge in [0.2, 0.25) is 5.65 Å². The first-order valence-electron chi connectivity index (χ1n) is 2.79. The van der Waals surface area contributed by atoms with Crippen molar-refractivity contribution in [3.63, 3.8) is 0 Å². The number of aromatic amines is 1. The van der Waals surface area contributed by atoms with Crippen LogP contribution in [0.1, 0.15) is 0 Å². The minimum Gasteiger partial charge on any atom is -0.267 e. The molecule has 1 N–H and O–H groups in total. The zero-order valence-electron chi connectivity index (χ0n) is 5.17. The fourth-order valence-electron chi connectivity index (χ4n) is 0.745. The maximum atomic E-state index is 4.15. The van der Waals surface area contributed by atoms with Gasteiger partial charge in [0, 0.05) is 0 Å². The van der Waals surface area contributed by atoms with Gasteiger partial charge in [-0.3, -0.25) is 5.10 Å². The average molecular weight is 278 g/mol. The maximum absolute atomic E-state index is 4.15. The van der Waals surface area contributed by atoms with Crippen molar-refractivity contribution in [1.29, 1.82) is 0 Å². The van der Waals surface area contributed by atoms with Crippen LogP contribution in [0.5, 0.6) is 0 Å². The van der Waals surface area contributed by atoms with E-state index in [1.54, 1.807) is 6.20 Å². The summed E-state index contributed by atoms with van der Waals surface area (Å²) in [6.45, 7) is 0. The third-order valence-electron chi connectivity index (χ3n) is 1.19. The zero-order chi connectivity index (χ0) is 7.84. The predicted octanol–water partition coefficient (Wildman–Crippen LogP) is 1.88. The highest BCUT2D eigenvalue weighted by molar-refractivity contribution is 9.10. The Balaban J connectivity index is 2.87. The first kappa shape index (κ1) is 7.17. The van der Waals surface area contributed by atoms with E-state index in [0.717, 1.165) is 10.1 Å². The highest BCUT2D eigenvalue weighted by Gasteiger charge is 2.04. The largest absolute Gasteiger partial charge is 0.267 e. The Hall–Kier alpha value is -0.490. The van der Waals surface area contributed by atoms with Crippen molar-refractivity contribution in [2.24, 2.45) is 0 Å². The lowest BCUT2D eigenvalue weighted by Gasteiger charge is -1.87. The summed E-state index contributed by atoms with van der Waals surface area (Å²) >= 11 is 6.47. The zero-order valence-corrected chi connectivity index (χ0v) is 8.35. The molecule has 0 aliphatic rings. The highest BCUT2D eigenvalue weighted by Crippen LogP contribution is 2.18. The molecule has 11 heavy (non-hydrogen) atoms. The van der Waals surface area contributed by atoms with Gasteiger partial charge in [-0.25, -0.2) is 9.97 Å². The van der Waals surface area contributed by atoms with Crippen LogP contribution in [0.15, 0.2) is 15.4 Å². The Bertz CT molecular complexity index is 396. The SMILES string of the molecule is Brc1cnc2n[nH]c(Br)c2n1. The van der Waals surface area contributed by atoms with Gasteiger partial charge in [-0.2, -0.15) is 5.10 Å². The molecule has 2 aromatic heterocycles.